The van der Waals surface area contributed by atoms with Gasteiger partial charge >= 0.3 is 6.09 Å². The van der Waals surface area contributed by atoms with Crippen molar-refractivity contribution in [1.82, 2.24) is 5.32 Å². The van der Waals surface area contributed by atoms with Crippen LogP contribution >= 0.6 is 0 Å². The summed E-state index contributed by atoms with van der Waals surface area (Å²) in [6, 6.07) is 22.0. The fourth-order valence-corrected chi connectivity index (χ4v) is 6.79. The van der Waals surface area contributed by atoms with E-state index in [2.05, 4.69) is 17.4 Å². The molecule has 1 aliphatic carbocycles. The first-order valence-electron chi connectivity index (χ1n) is 12.4. The van der Waals surface area contributed by atoms with Gasteiger partial charge < -0.3 is 10.1 Å². The Balaban J connectivity index is 1.27. The van der Waals surface area contributed by atoms with E-state index in [0.717, 1.165) is 22.3 Å². The van der Waals surface area contributed by atoms with E-state index in [4.69, 9.17) is 4.74 Å². The summed E-state index contributed by atoms with van der Waals surface area (Å²) in [5.41, 5.74) is 5.04. The Hall–Kier alpha value is -3.71. The molecule has 0 saturated carbocycles. The van der Waals surface area contributed by atoms with Gasteiger partial charge in [0.25, 0.3) is 0 Å². The number of carbonyl (C=O) groups is 2. The zero-order valence-corrected chi connectivity index (χ0v) is 21.6. The fraction of sp³-hybridized carbons (Fsp3) is 0.267. The highest BCUT2D eigenvalue weighted by molar-refractivity contribution is 7.95. The number of ketones is 1. The molecule has 1 heterocycles. The number of ether oxygens (including phenoxy) is 1. The van der Waals surface area contributed by atoms with Gasteiger partial charge in [0.05, 0.1) is 15.8 Å². The Bertz CT molecular complexity index is 1460. The summed E-state index contributed by atoms with van der Waals surface area (Å²) in [4.78, 5) is 26.3. The van der Waals surface area contributed by atoms with Crippen molar-refractivity contribution < 1.29 is 22.7 Å². The monoisotopic (exact) mass is 515 g/mol. The number of alkyl carbamates (subject to hydrolysis) is 1. The second kappa shape index (κ2) is 9.98. The fourth-order valence-electron chi connectivity index (χ4n) is 5.20. The highest BCUT2D eigenvalue weighted by atomic mass is 32.2. The number of nitrogens with one attached hydrogen (secondary N) is 1. The quantitative estimate of drug-likeness (QED) is 0.414. The first-order valence-corrected chi connectivity index (χ1v) is 13.9. The van der Waals surface area contributed by atoms with E-state index >= 15 is 0 Å². The minimum atomic E-state index is -3.71. The molecule has 1 amide bonds. The zero-order valence-electron chi connectivity index (χ0n) is 20.8. The summed E-state index contributed by atoms with van der Waals surface area (Å²) in [7, 11) is -3.71. The maximum absolute atomic E-state index is 13.2. The van der Waals surface area contributed by atoms with Gasteiger partial charge in [0.1, 0.15) is 6.61 Å². The van der Waals surface area contributed by atoms with Crippen LogP contribution in [-0.2, 0) is 19.4 Å². The van der Waals surface area contributed by atoms with Crippen LogP contribution in [-0.4, -0.2) is 32.9 Å². The molecule has 0 saturated heterocycles. The summed E-state index contributed by atoms with van der Waals surface area (Å²) < 4.78 is 31.4. The molecule has 0 fully saturated rings. The van der Waals surface area contributed by atoms with Crippen LogP contribution in [0, 0.1) is 5.92 Å². The van der Waals surface area contributed by atoms with Gasteiger partial charge in [-0.15, -0.1) is 0 Å². The van der Waals surface area contributed by atoms with Crippen molar-refractivity contribution >= 4 is 27.8 Å². The predicted molar refractivity (Wildman–Crippen MR) is 143 cm³/mol. The van der Waals surface area contributed by atoms with E-state index in [1.807, 2.05) is 50.2 Å². The zero-order chi connectivity index (χ0) is 26.2. The summed E-state index contributed by atoms with van der Waals surface area (Å²) >= 11 is 0. The molecule has 37 heavy (non-hydrogen) atoms. The Morgan fingerprint density at radius 2 is 1.49 bits per heavy atom. The molecule has 3 aromatic rings. The topological polar surface area (TPSA) is 89.5 Å². The molecule has 0 aromatic heterocycles. The Labute approximate surface area is 217 Å². The number of rotatable bonds is 8. The van der Waals surface area contributed by atoms with Crippen molar-refractivity contribution in [1.29, 1.82) is 0 Å². The van der Waals surface area contributed by atoms with Gasteiger partial charge in [0.15, 0.2) is 5.78 Å². The van der Waals surface area contributed by atoms with Crippen LogP contribution in [0.25, 0.3) is 17.2 Å². The lowest BCUT2D eigenvalue weighted by Gasteiger charge is -2.21. The normalized spacial score (nSPS) is 15.9. The maximum atomic E-state index is 13.2. The number of hydrogen-bond donors (Lipinski definition) is 1. The largest absolute Gasteiger partial charge is 0.449 e. The number of allylic oxidation sites excluding steroid dienone is 1. The van der Waals surface area contributed by atoms with Gasteiger partial charge in [-0.2, -0.15) is 0 Å². The molecule has 7 heteroatoms. The van der Waals surface area contributed by atoms with E-state index in [1.165, 1.54) is 0 Å². The minimum Gasteiger partial charge on any atom is -0.449 e. The first kappa shape index (κ1) is 25.0. The van der Waals surface area contributed by atoms with Crippen molar-refractivity contribution in [2.24, 2.45) is 5.92 Å². The molecule has 0 radical (unpaired) electrons. The predicted octanol–water partition coefficient (Wildman–Crippen LogP) is 5.73. The van der Waals surface area contributed by atoms with Crippen LogP contribution in [0.1, 0.15) is 49.3 Å². The Morgan fingerprint density at radius 3 is 2.11 bits per heavy atom. The van der Waals surface area contributed by atoms with E-state index in [9.17, 15) is 18.0 Å². The third kappa shape index (κ3) is 4.83. The molecule has 1 aliphatic heterocycles. The average Bonchev–Trinajstić information content (AvgIpc) is 3.33. The molecule has 0 unspecified atom stereocenters. The molecular weight excluding hydrogens is 486 g/mol. The van der Waals surface area contributed by atoms with Crippen molar-refractivity contribution in [2.75, 3.05) is 6.61 Å². The van der Waals surface area contributed by atoms with Gasteiger partial charge in [-0.25, -0.2) is 13.2 Å². The lowest BCUT2D eigenvalue weighted by molar-refractivity contribution is -0.120. The number of hydrogen-bond acceptors (Lipinski definition) is 5. The van der Waals surface area contributed by atoms with Crippen molar-refractivity contribution in [2.45, 2.75) is 43.5 Å². The number of Topliss-reactive ketones (excluding diaryl/α,β-unsaturated/α-hetero) is 1. The summed E-state index contributed by atoms with van der Waals surface area (Å²) in [5, 5.41) is 2.71. The van der Waals surface area contributed by atoms with E-state index in [0.29, 0.717) is 12.0 Å². The highest BCUT2D eigenvalue weighted by Gasteiger charge is 2.34. The van der Waals surface area contributed by atoms with Gasteiger partial charge in [0, 0.05) is 12.3 Å². The average molecular weight is 516 g/mol. The summed E-state index contributed by atoms with van der Waals surface area (Å²) in [6.45, 7) is 4.03. The molecule has 0 bridgehead atoms. The number of amides is 1. The van der Waals surface area contributed by atoms with Crippen LogP contribution in [0.5, 0.6) is 0 Å². The lowest BCUT2D eigenvalue weighted by atomic mass is 9.98. The third-order valence-corrected chi connectivity index (χ3v) is 8.85. The first-order chi connectivity index (χ1) is 17.8. The SMILES string of the molecule is CC(C)C[C@H](NC(=O)OCC1c2ccccc2-c2ccccc21)C(=O)CC1=Cc2ccccc2S1(=O)=O. The van der Waals surface area contributed by atoms with Crippen molar-refractivity contribution in [3.05, 3.63) is 94.4 Å². The number of fused-ring (bicyclic) bond motifs is 4. The molecular formula is C30H29NO5S. The molecule has 2 aliphatic rings. The molecule has 1 N–H and O–H groups in total. The molecule has 190 valence electrons. The maximum Gasteiger partial charge on any atom is 0.407 e. The van der Waals surface area contributed by atoms with Crippen LogP contribution in [0.15, 0.2) is 82.6 Å². The van der Waals surface area contributed by atoms with Gasteiger partial charge in [-0.3, -0.25) is 4.79 Å². The second-order valence-corrected chi connectivity index (χ2v) is 11.9. The van der Waals surface area contributed by atoms with Gasteiger partial charge in [-0.05, 0) is 52.3 Å². The van der Waals surface area contributed by atoms with Crippen LogP contribution < -0.4 is 5.32 Å². The molecule has 6 nitrogen and oxygen atoms in total. The number of carbonyl (C=O) groups excluding carboxylic acids is 2. The molecule has 0 spiro atoms. The molecule has 3 aromatic carbocycles. The lowest BCUT2D eigenvalue weighted by Crippen LogP contribution is -2.42. The highest BCUT2D eigenvalue weighted by Crippen LogP contribution is 2.44. The van der Waals surface area contributed by atoms with E-state index in [-0.39, 0.29) is 40.4 Å². The molecule has 1 atom stereocenters. The van der Waals surface area contributed by atoms with Gasteiger partial charge in [-0.1, -0.05) is 80.6 Å². The van der Waals surface area contributed by atoms with Crippen LogP contribution in [0.4, 0.5) is 4.79 Å². The standard InChI is InChI=1S/C30H29NO5S/c1-19(2)15-27(28(32)17-21-16-20-9-3-8-14-29(20)37(21,34)35)31-30(33)36-18-26-24-12-6-4-10-22(24)23-11-5-7-13-25(23)26/h3-14,16,19,26-27H,15,17-18H2,1-2H3,(H,31,33)/t27-/m0/s1. The van der Waals surface area contributed by atoms with Gasteiger partial charge in [0.2, 0.25) is 9.84 Å². The van der Waals surface area contributed by atoms with E-state index in [1.54, 1.807) is 30.3 Å². The number of sulfone groups is 1. The Kier molecular flexibility index (Phi) is 6.73. The van der Waals surface area contributed by atoms with Crippen LogP contribution in [0.3, 0.4) is 0 Å². The Morgan fingerprint density at radius 1 is 0.892 bits per heavy atom. The minimum absolute atomic E-state index is 0.0572. The molecule has 5 rings (SSSR count). The summed E-state index contributed by atoms with van der Waals surface area (Å²) in [6.07, 6.45) is 0.955. The van der Waals surface area contributed by atoms with Crippen molar-refractivity contribution in [3.63, 3.8) is 0 Å². The van der Waals surface area contributed by atoms with Crippen LogP contribution in [0.2, 0.25) is 0 Å². The number of benzene rings is 3. The summed E-state index contributed by atoms with van der Waals surface area (Å²) in [5.74, 6) is -0.344. The third-order valence-electron chi connectivity index (χ3n) is 6.95. The van der Waals surface area contributed by atoms with Crippen molar-refractivity contribution in [3.8, 4) is 11.1 Å². The van der Waals surface area contributed by atoms with E-state index < -0.39 is 22.0 Å². The second-order valence-electron chi connectivity index (χ2n) is 9.95. The smallest absolute Gasteiger partial charge is 0.407 e.